The Morgan fingerprint density at radius 1 is 0.407 bits per heavy atom. The molecule has 0 aromatic rings. The molecule has 310 valence electrons. The number of allylic oxidation sites excluding steroid dienone is 10. The molecule has 0 aromatic carbocycles. The fourth-order valence-corrected chi connectivity index (χ4v) is 6.01. The van der Waals surface area contributed by atoms with Crippen molar-refractivity contribution in [1.82, 2.24) is 0 Å². The molecule has 6 heteroatoms. The molecule has 0 saturated carbocycles. The lowest BCUT2D eigenvalue weighted by atomic mass is 10.0. The maximum Gasteiger partial charge on any atom is 0.306 e. The highest BCUT2D eigenvalue weighted by atomic mass is 16.6. The summed E-state index contributed by atoms with van der Waals surface area (Å²) in [6.45, 7) is 6.32. The Bertz CT molecular complexity index is 1010. The monoisotopic (exact) mass is 755 g/mol. The Morgan fingerprint density at radius 2 is 0.815 bits per heavy atom. The molecule has 0 fully saturated rings. The van der Waals surface area contributed by atoms with Crippen LogP contribution < -0.4 is 0 Å². The molecule has 0 bridgehead atoms. The van der Waals surface area contributed by atoms with Gasteiger partial charge >= 0.3 is 17.9 Å². The van der Waals surface area contributed by atoms with Crippen molar-refractivity contribution in [2.45, 2.75) is 213 Å². The molecule has 54 heavy (non-hydrogen) atoms. The van der Waals surface area contributed by atoms with Crippen molar-refractivity contribution in [2.24, 2.45) is 0 Å². The first kappa shape index (κ1) is 51.1. The molecule has 0 aliphatic heterocycles. The van der Waals surface area contributed by atoms with Crippen molar-refractivity contribution < 1.29 is 28.6 Å². The lowest BCUT2D eigenvalue weighted by Crippen LogP contribution is -2.30. The Morgan fingerprint density at radius 3 is 1.35 bits per heavy atom. The molecular weight excluding hydrogens is 673 g/mol. The van der Waals surface area contributed by atoms with Gasteiger partial charge < -0.3 is 14.2 Å². The first-order valence-electron chi connectivity index (χ1n) is 22.3. The second-order valence-corrected chi connectivity index (χ2v) is 14.6. The van der Waals surface area contributed by atoms with Gasteiger partial charge in [-0.05, 0) is 64.2 Å². The van der Waals surface area contributed by atoms with Gasteiger partial charge in [-0.2, -0.15) is 0 Å². The molecular formula is C48H82O6. The summed E-state index contributed by atoms with van der Waals surface area (Å²) in [4.78, 5) is 37.6. The zero-order chi connectivity index (χ0) is 39.4. The lowest BCUT2D eigenvalue weighted by Gasteiger charge is -2.18. The van der Waals surface area contributed by atoms with Crippen LogP contribution in [0.5, 0.6) is 0 Å². The van der Waals surface area contributed by atoms with Gasteiger partial charge in [-0.1, -0.05) is 184 Å². The lowest BCUT2D eigenvalue weighted by molar-refractivity contribution is -0.167. The van der Waals surface area contributed by atoms with Crippen LogP contribution in [0.25, 0.3) is 0 Å². The van der Waals surface area contributed by atoms with Gasteiger partial charge in [0.15, 0.2) is 6.10 Å². The maximum absolute atomic E-state index is 12.7. The minimum atomic E-state index is -0.792. The number of esters is 3. The summed E-state index contributed by atoms with van der Waals surface area (Å²) in [6.07, 6.45) is 50.7. The highest BCUT2D eigenvalue weighted by molar-refractivity contribution is 5.71. The molecule has 0 rings (SSSR count). The molecule has 0 radical (unpaired) electrons. The summed E-state index contributed by atoms with van der Waals surface area (Å²) < 4.78 is 16.6. The third-order valence-corrected chi connectivity index (χ3v) is 9.33. The predicted octanol–water partition coefficient (Wildman–Crippen LogP) is 14.1. The van der Waals surface area contributed by atoms with Gasteiger partial charge in [0.1, 0.15) is 13.2 Å². The largest absolute Gasteiger partial charge is 0.462 e. The second kappa shape index (κ2) is 42.8. The number of unbranched alkanes of at least 4 members (excludes halogenated alkanes) is 20. The van der Waals surface area contributed by atoms with Gasteiger partial charge in [0.05, 0.1) is 0 Å². The van der Waals surface area contributed by atoms with Crippen LogP contribution in [-0.4, -0.2) is 37.2 Å². The topological polar surface area (TPSA) is 78.9 Å². The van der Waals surface area contributed by atoms with Gasteiger partial charge in [-0.3, -0.25) is 14.4 Å². The average molecular weight is 755 g/mol. The van der Waals surface area contributed by atoms with Crippen LogP contribution in [-0.2, 0) is 28.6 Å². The van der Waals surface area contributed by atoms with Crippen molar-refractivity contribution in [3.05, 3.63) is 60.8 Å². The molecule has 0 saturated heterocycles. The van der Waals surface area contributed by atoms with Crippen molar-refractivity contribution in [1.29, 1.82) is 0 Å². The SMILES string of the molecule is CC\C=C/C=C\C=C/CCCCCCCC(=O)OC(COC(=O)CCCC/C=C\C/C=C\CC)COC(=O)CCCCCCCCCCCCCCCC. The zero-order valence-electron chi connectivity index (χ0n) is 35.2. The van der Waals surface area contributed by atoms with Crippen LogP contribution in [0.3, 0.4) is 0 Å². The van der Waals surface area contributed by atoms with Gasteiger partial charge in [0.2, 0.25) is 0 Å². The molecule has 0 heterocycles. The molecule has 0 aliphatic rings. The fourth-order valence-electron chi connectivity index (χ4n) is 6.01. The van der Waals surface area contributed by atoms with E-state index in [2.05, 4.69) is 75.5 Å². The van der Waals surface area contributed by atoms with E-state index in [1.54, 1.807) is 0 Å². The summed E-state index contributed by atoms with van der Waals surface area (Å²) in [6, 6.07) is 0. The average Bonchev–Trinajstić information content (AvgIpc) is 3.17. The quantitative estimate of drug-likeness (QED) is 0.0204. The Balaban J connectivity index is 4.40. The van der Waals surface area contributed by atoms with Crippen LogP contribution in [0.4, 0.5) is 0 Å². The summed E-state index contributed by atoms with van der Waals surface area (Å²) in [5.74, 6) is -0.955. The molecule has 1 atom stereocenters. The van der Waals surface area contributed by atoms with E-state index in [9.17, 15) is 14.4 Å². The van der Waals surface area contributed by atoms with Gasteiger partial charge in [-0.25, -0.2) is 0 Å². The number of hydrogen-bond donors (Lipinski definition) is 0. The van der Waals surface area contributed by atoms with E-state index in [0.717, 1.165) is 96.3 Å². The molecule has 0 amide bonds. The highest BCUT2D eigenvalue weighted by Gasteiger charge is 2.19. The number of hydrogen-bond acceptors (Lipinski definition) is 6. The van der Waals surface area contributed by atoms with E-state index < -0.39 is 6.10 Å². The Kier molecular flexibility index (Phi) is 40.6. The van der Waals surface area contributed by atoms with Gasteiger partial charge in [0.25, 0.3) is 0 Å². The van der Waals surface area contributed by atoms with E-state index in [1.165, 1.54) is 70.6 Å². The van der Waals surface area contributed by atoms with E-state index in [4.69, 9.17) is 14.2 Å². The van der Waals surface area contributed by atoms with Crippen LogP contribution in [0.2, 0.25) is 0 Å². The standard InChI is InChI=1S/C48H82O6/c1-4-7-10-13-16-19-21-23-25-26-29-32-35-38-41-47(50)53-44-45(43-52-46(49)40-37-34-31-28-18-15-12-9-6-3)54-48(51)42-39-36-33-30-27-24-22-20-17-14-11-8-5-2/h8-9,11-12,14,17-18,20,22,28,45H,4-7,10,13,15-16,19,21,23-27,29-44H2,1-3H3/b11-8-,12-9-,17-14-,22-20-,28-18-. The molecule has 1 unspecified atom stereocenters. The van der Waals surface area contributed by atoms with E-state index in [1.807, 2.05) is 6.08 Å². The minimum Gasteiger partial charge on any atom is -0.462 e. The number of carbonyl (C=O) groups is 3. The van der Waals surface area contributed by atoms with E-state index in [-0.39, 0.29) is 31.1 Å². The smallest absolute Gasteiger partial charge is 0.306 e. The summed E-state index contributed by atoms with van der Waals surface area (Å²) in [7, 11) is 0. The van der Waals surface area contributed by atoms with Gasteiger partial charge in [0, 0.05) is 19.3 Å². The van der Waals surface area contributed by atoms with Gasteiger partial charge in [-0.15, -0.1) is 0 Å². The first-order valence-corrected chi connectivity index (χ1v) is 22.3. The number of carbonyl (C=O) groups excluding carboxylic acids is 3. The van der Waals surface area contributed by atoms with Crippen molar-refractivity contribution >= 4 is 17.9 Å². The maximum atomic E-state index is 12.7. The second-order valence-electron chi connectivity index (χ2n) is 14.6. The number of ether oxygens (including phenoxy) is 3. The molecule has 6 nitrogen and oxygen atoms in total. The van der Waals surface area contributed by atoms with Crippen LogP contribution in [0.1, 0.15) is 207 Å². The van der Waals surface area contributed by atoms with Crippen LogP contribution >= 0.6 is 0 Å². The molecule has 0 spiro atoms. The first-order chi connectivity index (χ1) is 26.5. The predicted molar refractivity (Wildman–Crippen MR) is 228 cm³/mol. The summed E-state index contributed by atoms with van der Waals surface area (Å²) in [5.41, 5.74) is 0. The summed E-state index contributed by atoms with van der Waals surface area (Å²) in [5, 5.41) is 0. The molecule has 0 aliphatic carbocycles. The van der Waals surface area contributed by atoms with Crippen LogP contribution in [0.15, 0.2) is 60.8 Å². The summed E-state index contributed by atoms with van der Waals surface area (Å²) >= 11 is 0. The Hall–Kier alpha value is -2.89. The fraction of sp³-hybridized carbons (Fsp3) is 0.729. The van der Waals surface area contributed by atoms with Crippen molar-refractivity contribution in [3.63, 3.8) is 0 Å². The Labute approximate surface area is 332 Å². The number of rotatable bonds is 39. The minimum absolute atomic E-state index is 0.0919. The van der Waals surface area contributed by atoms with E-state index >= 15 is 0 Å². The zero-order valence-corrected chi connectivity index (χ0v) is 35.2. The normalized spacial score (nSPS) is 12.6. The van der Waals surface area contributed by atoms with E-state index in [0.29, 0.717) is 19.3 Å². The van der Waals surface area contributed by atoms with Crippen LogP contribution in [0, 0.1) is 0 Å². The molecule has 0 N–H and O–H groups in total. The highest BCUT2D eigenvalue weighted by Crippen LogP contribution is 2.14. The van der Waals surface area contributed by atoms with Crippen molar-refractivity contribution in [3.8, 4) is 0 Å². The third kappa shape index (κ3) is 40.3. The van der Waals surface area contributed by atoms with Crippen molar-refractivity contribution in [2.75, 3.05) is 13.2 Å². The third-order valence-electron chi connectivity index (χ3n) is 9.33. The molecule has 0 aromatic heterocycles.